The van der Waals surface area contributed by atoms with Crippen LogP contribution >= 0.6 is 0 Å². The number of carbonyl (C=O) groups is 2. The lowest BCUT2D eigenvalue weighted by Gasteiger charge is -2.19. The number of methoxy groups -OCH3 is 2. The molecule has 2 N–H and O–H groups in total. The van der Waals surface area contributed by atoms with Gasteiger partial charge in [0.15, 0.2) is 0 Å². The van der Waals surface area contributed by atoms with Gasteiger partial charge in [0.05, 0.1) is 20.3 Å². The average Bonchev–Trinajstić information content (AvgIpc) is 3.09. The van der Waals surface area contributed by atoms with E-state index in [-0.39, 0.29) is 11.7 Å². The van der Waals surface area contributed by atoms with Crippen molar-refractivity contribution in [2.75, 3.05) is 14.2 Å². The zero-order chi connectivity index (χ0) is 18.6. The molecule has 0 spiro atoms. The molecule has 2 rings (SSSR count). The minimum Gasteiger partial charge on any atom is -0.497 e. The SMILES string of the molecule is COc1ccc(OC)c(C(C)NC(=O)c2ccnn2C(C)C(=O)O)c1. The first-order valence-corrected chi connectivity index (χ1v) is 7.68. The van der Waals surface area contributed by atoms with Crippen molar-refractivity contribution in [2.24, 2.45) is 0 Å². The van der Waals surface area contributed by atoms with Gasteiger partial charge in [-0.05, 0) is 38.1 Å². The Kier molecular flexibility index (Phi) is 5.63. The highest BCUT2D eigenvalue weighted by atomic mass is 16.5. The monoisotopic (exact) mass is 347 g/mol. The molecule has 25 heavy (non-hydrogen) atoms. The molecule has 1 aromatic heterocycles. The van der Waals surface area contributed by atoms with Gasteiger partial charge in [0.1, 0.15) is 23.2 Å². The number of carboxylic acids is 1. The first-order valence-electron chi connectivity index (χ1n) is 7.68. The highest BCUT2D eigenvalue weighted by molar-refractivity contribution is 5.93. The first-order chi connectivity index (χ1) is 11.9. The first kappa shape index (κ1) is 18.3. The van der Waals surface area contributed by atoms with E-state index in [0.717, 1.165) is 5.56 Å². The topological polar surface area (TPSA) is 103 Å². The lowest BCUT2D eigenvalue weighted by Crippen LogP contribution is -2.31. The Hall–Kier alpha value is -3.03. The molecular formula is C17H21N3O5. The number of ether oxygens (including phenoxy) is 2. The summed E-state index contributed by atoms with van der Waals surface area (Å²) in [5.41, 5.74) is 0.913. The molecule has 1 aromatic carbocycles. The van der Waals surface area contributed by atoms with Crippen molar-refractivity contribution in [1.29, 1.82) is 0 Å². The van der Waals surface area contributed by atoms with Gasteiger partial charge in [0.25, 0.3) is 5.91 Å². The third-order valence-corrected chi connectivity index (χ3v) is 3.88. The Morgan fingerprint density at radius 2 is 1.92 bits per heavy atom. The van der Waals surface area contributed by atoms with Crippen LogP contribution in [0.1, 0.15) is 42.0 Å². The Labute approximate surface area is 145 Å². The molecule has 8 nitrogen and oxygen atoms in total. The summed E-state index contributed by atoms with van der Waals surface area (Å²) in [6.07, 6.45) is 1.39. The van der Waals surface area contributed by atoms with E-state index in [4.69, 9.17) is 14.6 Å². The van der Waals surface area contributed by atoms with Crippen molar-refractivity contribution < 1.29 is 24.2 Å². The summed E-state index contributed by atoms with van der Waals surface area (Å²) in [6, 6.07) is 5.44. The molecule has 0 bridgehead atoms. The second-order valence-electron chi connectivity index (χ2n) is 5.48. The normalized spacial score (nSPS) is 13.0. The Bertz CT molecular complexity index is 771. The van der Waals surface area contributed by atoms with E-state index in [1.165, 1.54) is 23.9 Å². The van der Waals surface area contributed by atoms with E-state index >= 15 is 0 Å². The van der Waals surface area contributed by atoms with Crippen LogP contribution < -0.4 is 14.8 Å². The van der Waals surface area contributed by atoms with Crippen LogP contribution in [-0.4, -0.2) is 41.0 Å². The fourth-order valence-electron chi connectivity index (χ4n) is 2.43. The summed E-state index contributed by atoms with van der Waals surface area (Å²) in [5, 5.41) is 15.9. The maximum atomic E-state index is 12.6. The molecule has 0 aliphatic carbocycles. The number of hydrogen-bond donors (Lipinski definition) is 2. The van der Waals surface area contributed by atoms with Crippen molar-refractivity contribution in [2.45, 2.75) is 25.9 Å². The Morgan fingerprint density at radius 1 is 1.20 bits per heavy atom. The zero-order valence-electron chi connectivity index (χ0n) is 14.5. The van der Waals surface area contributed by atoms with Crippen molar-refractivity contribution in [3.05, 3.63) is 41.7 Å². The van der Waals surface area contributed by atoms with Gasteiger partial charge in [-0.3, -0.25) is 4.79 Å². The van der Waals surface area contributed by atoms with Gasteiger partial charge in [0, 0.05) is 11.8 Å². The molecule has 0 saturated heterocycles. The Balaban J connectivity index is 2.24. The molecule has 0 radical (unpaired) electrons. The fourth-order valence-corrected chi connectivity index (χ4v) is 2.43. The third-order valence-electron chi connectivity index (χ3n) is 3.88. The number of rotatable bonds is 7. The number of benzene rings is 1. The zero-order valence-corrected chi connectivity index (χ0v) is 14.5. The Morgan fingerprint density at radius 3 is 2.52 bits per heavy atom. The van der Waals surface area contributed by atoms with Crippen LogP contribution in [0.15, 0.2) is 30.5 Å². The average molecular weight is 347 g/mol. The number of carboxylic acid groups (broad SMARTS) is 1. The molecule has 0 aliphatic rings. The summed E-state index contributed by atoms with van der Waals surface area (Å²) >= 11 is 0. The molecule has 2 unspecified atom stereocenters. The molecule has 1 amide bonds. The van der Waals surface area contributed by atoms with Crippen molar-refractivity contribution in [3.8, 4) is 11.5 Å². The van der Waals surface area contributed by atoms with Gasteiger partial charge in [-0.25, -0.2) is 9.48 Å². The number of aliphatic carboxylic acids is 1. The van der Waals surface area contributed by atoms with E-state index in [2.05, 4.69) is 10.4 Å². The molecule has 2 atom stereocenters. The van der Waals surface area contributed by atoms with Crippen LogP contribution in [0.4, 0.5) is 0 Å². The fraction of sp³-hybridized carbons (Fsp3) is 0.353. The van der Waals surface area contributed by atoms with Gasteiger partial charge in [-0.15, -0.1) is 0 Å². The molecule has 8 heteroatoms. The van der Waals surface area contributed by atoms with Crippen molar-refractivity contribution >= 4 is 11.9 Å². The predicted octanol–water partition coefficient (Wildman–Crippen LogP) is 2.04. The second-order valence-corrected chi connectivity index (χ2v) is 5.48. The molecule has 0 saturated carbocycles. The lowest BCUT2D eigenvalue weighted by molar-refractivity contribution is -0.140. The van der Waals surface area contributed by atoms with Gasteiger partial charge in [-0.2, -0.15) is 5.10 Å². The minimum atomic E-state index is -1.07. The van der Waals surface area contributed by atoms with Crippen molar-refractivity contribution in [1.82, 2.24) is 15.1 Å². The largest absolute Gasteiger partial charge is 0.497 e. The maximum Gasteiger partial charge on any atom is 0.328 e. The van der Waals surface area contributed by atoms with E-state index in [1.807, 2.05) is 0 Å². The molecule has 0 aliphatic heterocycles. The minimum absolute atomic E-state index is 0.170. The molecular weight excluding hydrogens is 326 g/mol. The smallest absolute Gasteiger partial charge is 0.328 e. The van der Waals surface area contributed by atoms with Gasteiger partial charge in [0.2, 0.25) is 0 Å². The number of aromatic nitrogens is 2. The van der Waals surface area contributed by atoms with E-state index in [0.29, 0.717) is 11.5 Å². The number of hydrogen-bond acceptors (Lipinski definition) is 5. The summed E-state index contributed by atoms with van der Waals surface area (Å²) < 4.78 is 11.7. The van der Waals surface area contributed by atoms with Crippen molar-refractivity contribution in [3.63, 3.8) is 0 Å². The van der Waals surface area contributed by atoms with Gasteiger partial charge in [-0.1, -0.05) is 0 Å². The van der Waals surface area contributed by atoms with Crippen LogP contribution in [0.25, 0.3) is 0 Å². The van der Waals surface area contributed by atoms with E-state index < -0.39 is 17.9 Å². The van der Waals surface area contributed by atoms with Crippen LogP contribution in [0.5, 0.6) is 11.5 Å². The molecule has 134 valence electrons. The summed E-state index contributed by atoms with van der Waals surface area (Å²) in [4.78, 5) is 23.7. The number of carbonyl (C=O) groups excluding carboxylic acids is 1. The number of amides is 1. The summed E-state index contributed by atoms with van der Waals surface area (Å²) in [7, 11) is 3.10. The van der Waals surface area contributed by atoms with Crippen LogP contribution in [0.2, 0.25) is 0 Å². The highest BCUT2D eigenvalue weighted by Crippen LogP contribution is 2.29. The molecule has 0 fully saturated rings. The lowest BCUT2D eigenvalue weighted by atomic mass is 10.1. The van der Waals surface area contributed by atoms with Gasteiger partial charge < -0.3 is 19.9 Å². The van der Waals surface area contributed by atoms with Crippen LogP contribution in [0, 0.1) is 0 Å². The van der Waals surface area contributed by atoms with Gasteiger partial charge >= 0.3 is 5.97 Å². The maximum absolute atomic E-state index is 12.6. The number of nitrogens with one attached hydrogen (secondary N) is 1. The molecule has 1 heterocycles. The van der Waals surface area contributed by atoms with E-state index in [1.54, 1.807) is 39.3 Å². The third kappa shape index (κ3) is 3.90. The standard InChI is InChI=1S/C17H21N3O5/c1-10(13-9-12(24-3)5-6-15(13)25-4)19-16(21)14-7-8-18-20(14)11(2)17(22)23/h5-11H,1-4H3,(H,19,21)(H,22,23). The predicted molar refractivity (Wildman–Crippen MR) is 90.0 cm³/mol. The van der Waals surface area contributed by atoms with Crippen LogP contribution in [-0.2, 0) is 4.79 Å². The quantitative estimate of drug-likeness (QED) is 0.794. The number of nitrogens with zero attached hydrogens (tertiary/aromatic N) is 2. The second kappa shape index (κ2) is 7.69. The summed E-state index contributed by atoms with van der Waals surface area (Å²) in [6.45, 7) is 3.26. The van der Waals surface area contributed by atoms with Crippen LogP contribution in [0.3, 0.4) is 0 Å². The summed E-state index contributed by atoms with van der Waals surface area (Å²) in [5.74, 6) is -0.245. The van der Waals surface area contributed by atoms with E-state index in [9.17, 15) is 9.59 Å². The highest BCUT2D eigenvalue weighted by Gasteiger charge is 2.23. The molecule has 2 aromatic rings.